The van der Waals surface area contributed by atoms with Crippen LogP contribution in [-0.4, -0.2) is 46.8 Å². The van der Waals surface area contributed by atoms with Crippen molar-refractivity contribution in [3.05, 3.63) is 0 Å². The van der Waals surface area contributed by atoms with Gasteiger partial charge in [0.1, 0.15) is 6.04 Å². The van der Waals surface area contributed by atoms with Crippen LogP contribution in [0.3, 0.4) is 0 Å². The second-order valence-electron chi connectivity index (χ2n) is 6.61. The molecule has 2 aliphatic rings. The van der Waals surface area contributed by atoms with E-state index in [-0.39, 0.29) is 29.8 Å². The fourth-order valence-corrected chi connectivity index (χ4v) is 4.37. The van der Waals surface area contributed by atoms with Crippen LogP contribution in [0.4, 0.5) is 0 Å². The number of carbonyl (C=O) groups is 2. The van der Waals surface area contributed by atoms with Crippen LogP contribution in [0.2, 0.25) is 0 Å². The predicted octanol–water partition coefficient (Wildman–Crippen LogP) is 2.42. The lowest BCUT2D eigenvalue weighted by atomic mass is 9.93. The van der Waals surface area contributed by atoms with E-state index in [1.807, 2.05) is 25.6 Å². The molecule has 0 aromatic rings. The molecule has 1 heterocycles. The standard InChI is InChI=1S/C16H28N2O2S/c1-11(2)15(18-9-5-8-14(18)19)16(20)17-12-6-4-7-13(10-12)21-3/h11-13,15H,4-10H2,1-3H3,(H,17,20)/t12-,13+,15-/m0/s1. The van der Waals surface area contributed by atoms with Gasteiger partial charge in [0.2, 0.25) is 11.8 Å². The summed E-state index contributed by atoms with van der Waals surface area (Å²) in [5.74, 6) is 0.341. The molecule has 0 radical (unpaired) electrons. The van der Waals surface area contributed by atoms with Crippen LogP contribution in [-0.2, 0) is 9.59 Å². The number of amides is 2. The van der Waals surface area contributed by atoms with Gasteiger partial charge in [-0.25, -0.2) is 0 Å². The summed E-state index contributed by atoms with van der Waals surface area (Å²) < 4.78 is 0. The zero-order valence-corrected chi connectivity index (χ0v) is 14.2. The van der Waals surface area contributed by atoms with Crippen LogP contribution in [0.25, 0.3) is 0 Å². The quantitative estimate of drug-likeness (QED) is 0.848. The van der Waals surface area contributed by atoms with Crippen molar-refractivity contribution in [3.63, 3.8) is 0 Å². The molecule has 120 valence electrons. The number of nitrogens with zero attached hydrogens (tertiary/aromatic N) is 1. The fourth-order valence-electron chi connectivity index (χ4n) is 3.54. The van der Waals surface area contributed by atoms with E-state index in [2.05, 4.69) is 11.6 Å². The first-order chi connectivity index (χ1) is 10.0. The average molecular weight is 312 g/mol. The summed E-state index contributed by atoms with van der Waals surface area (Å²) in [6.07, 6.45) is 8.20. The van der Waals surface area contributed by atoms with Crippen molar-refractivity contribution >= 4 is 23.6 Å². The second kappa shape index (κ2) is 7.52. The molecule has 2 fully saturated rings. The van der Waals surface area contributed by atoms with Gasteiger partial charge in [-0.15, -0.1) is 0 Å². The molecule has 1 saturated carbocycles. The Bertz CT molecular complexity index is 386. The molecule has 1 saturated heterocycles. The molecule has 1 aliphatic heterocycles. The van der Waals surface area contributed by atoms with Crippen molar-refractivity contribution in [1.29, 1.82) is 0 Å². The Balaban J connectivity index is 1.97. The van der Waals surface area contributed by atoms with Crippen LogP contribution < -0.4 is 5.32 Å². The van der Waals surface area contributed by atoms with Crippen molar-refractivity contribution in [2.24, 2.45) is 5.92 Å². The lowest BCUT2D eigenvalue weighted by Gasteiger charge is -2.34. The van der Waals surface area contributed by atoms with E-state index < -0.39 is 0 Å². The number of hydrogen-bond donors (Lipinski definition) is 1. The molecule has 5 heteroatoms. The highest BCUT2D eigenvalue weighted by Crippen LogP contribution is 2.27. The van der Waals surface area contributed by atoms with Crippen LogP contribution >= 0.6 is 11.8 Å². The SMILES string of the molecule is CS[C@@H]1CCC[C@H](NC(=O)[C@H](C(C)C)N2CCCC2=O)C1. The summed E-state index contributed by atoms with van der Waals surface area (Å²) in [5.41, 5.74) is 0. The topological polar surface area (TPSA) is 49.4 Å². The van der Waals surface area contributed by atoms with Crippen molar-refractivity contribution in [3.8, 4) is 0 Å². The molecule has 0 bridgehead atoms. The van der Waals surface area contributed by atoms with Gasteiger partial charge in [0.25, 0.3) is 0 Å². The minimum atomic E-state index is -0.297. The minimum Gasteiger partial charge on any atom is -0.352 e. The minimum absolute atomic E-state index is 0.0482. The van der Waals surface area contributed by atoms with E-state index in [1.54, 1.807) is 4.90 Å². The molecule has 0 spiro atoms. The summed E-state index contributed by atoms with van der Waals surface area (Å²) in [5, 5.41) is 3.88. The molecule has 0 aromatic carbocycles. The highest BCUT2D eigenvalue weighted by molar-refractivity contribution is 7.99. The van der Waals surface area contributed by atoms with Crippen molar-refractivity contribution in [2.45, 2.75) is 69.7 Å². The van der Waals surface area contributed by atoms with E-state index in [0.717, 1.165) is 25.8 Å². The Morgan fingerprint density at radius 1 is 1.33 bits per heavy atom. The average Bonchev–Trinajstić information content (AvgIpc) is 2.85. The Morgan fingerprint density at radius 3 is 2.67 bits per heavy atom. The van der Waals surface area contributed by atoms with Gasteiger partial charge in [0.05, 0.1) is 0 Å². The molecular formula is C16H28N2O2S. The lowest BCUT2D eigenvalue weighted by Crippen LogP contribution is -2.53. The number of rotatable bonds is 5. The molecule has 0 unspecified atom stereocenters. The Kier molecular flexibility index (Phi) is 5.97. The Labute approximate surface area is 132 Å². The highest BCUT2D eigenvalue weighted by Gasteiger charge is 2.36. The Hall–Kier alpha value is -0.710. The van der Waals surface area contributed by atoms with Crippen LogP contribution in [0.15, 0.2) is 0 Å². The maximum atomic E-state index is 12.7. The second-order valence-corrected chi connectivity index (χ2v) is 7.75. The van der Waals surface area contributed by atoms with Crippen molar-refractivity contribution < 1.29 is 9.59 Å². The molecular weight excluding hydrogens is 284 g/mol. The molecule has 1 N–H and O–H groups in total. The summed E-state index contributed by atoms with van der Waals surface area (Å²) in [6, 6.07) is -0.0164. The van der Waals surface area contributed by atoms with Crippen LogP contribution in [0.1, 0.15) is 52.4 Å². The maximum Gasteiger partial charge on any atom is 0.243 e. The van der Waals surface area contributed by atoms with Gasteiger partial charge in [-0.3, -0.25) is 9.59 Å². The highest BCUT2D eigenvalue weighted by atomic mass is 32.2. The fraction of sp³-hybridized carbons (Fsp3) is 0.875. The number of thioether (sulfide) groups is 1. The predicted molar refractivity (Wildman–Crippen MR) is 87.3 cm³/mol. The normalized spacial score (nSPS) is 28.0. The molecule has 0 aromatic heterocycles. The van der Waals surface area contributed by atoms with Crippen LogP contribution in [0.5, 0.6) is 0 Å². The maximum absolute atomic E-state index is 12.7. The monoisotopic (exact) mass is 312 g/mol. The summed E-state index contributed by atoms with van der Waals surface area (Å²) >= 11 is 1.90. The molecule has 2 amide bonds. The van der Waals surface area contributed by atoms with Gasteiger partial charge < -0.3 is 10.2 Å². The van der Waals surface area contributed by atoms with Gasteiger partial charge >= 0.3 is 0 Å². The van der Waals surface area contributed by atoms with Crippen LogP contribution in [0, 0.1) is 5.92 Å². The van der Waals surface area contributed by atoms with E-state index in [4.69, 9.17) is 0 Å². The molecule has 1 aliphatic carbocycles. The third kappa shape index (κ3) is 4.15. The third-order valence-corrected chi connectivity index (χ3v) is 5.75. The summed E-state index contributed by atoms with van der Waals surface area (Å²) in [7, 11) is 0. The number of likely N-dealkylation sites (tertiary alicyclic amines) is 1. The molecule has 2 rings (SSSR count). The largest absolute Gasteiger partial charge is 0.352 e. The van der Waals surface area contributed by atoms with Gasteiger partial charge in [-0.05, 0) is 37.9 Å². The molecule has 21 heavy (non-hydrogen) atoms. The van der Waals surface area contributed by atoms with E-state index in [0.29, 0.717) is 11.7 Å². The molecule has 3 atom stereocenters. The molecule has 4 nitrogen and oxygen atoms in total. The first-order valence-corrected chi connectivity index (χ1v) is 9.44. The van der Waals surface area contributed by atoms with E-state index in [9.17, 15) is 9.59 Å². The van der Waals surface area contributed by atoms with Crippen molar-refractivity contribution in [1.82, 2.24) is 10.2 Å². The third-order valence-electron chi connectivity index (χ3n) is 4.65. The number of carbonyl (C=O) groups excluding carboxylic acids is 2. The van der Waals surface area contributed by atoms with Gasteiger partial charge in [-0.2, -0.15) is 11.8 Å². The number of hydrogen-bond acceptors (Lipinski definition) is 3. The zero-order chi connectivity index (χ0) is 15.4. The Morgan fingerprint density at radius 2 is 2.10 bits per heavy atom. The van der Waals surface area contributed by atoms with E-state index >= 15 is 0 Å². The lowest BCUT2D eigenvalue weighted by molar-refractivity contribution is -0.139. The summed E-state index contributed by atoms with van der Waals surface area (Å²) in [4.78, 5) is 26.4. The van der Waals surface area contributed by atoms with Gasteiger partial charge in [0.15, 0.2) is 0 Å². The van der Waals surface area contributed by atoms with Crippen molar-refractivity contribution in [2.75, 3.05) is 12.8 Å². The zero-order valence-electron chi connectivity index (χ0n) is 13.4. The van der Waals surface area contributed by atoms with Gasteiger partial charge in [0, 0.05) is 24.3 Å². The number of nitrogens with one attached hydrogen (secondary N) is 1. The van der Waals surface area contributed by atoms with Gasteiger partial charge in [-0.1, -0.05) is 20.3 Å². The first kappa shape index (κ1) is 16.7. The summed E-state index contributed by atoms with van der Waals surface area (Å²) in [6.45, 7) is 4.79. The smallest absolute Gasteiger partial charge is 0.243 e. The first-order valence-electron chi connectivity index (χ1n) is 8.15. The van der Waals surface area contributed by atoms with E-state index in [1.165, 1.54) is 12.8 Å².